The average Bonchev–Trinajstić information content (AvgIpc) is 3.15. The molecule has 0 heterocycles. The molecule has 3 aromatic rings. The second-order valence-corrected chi connectivity index (χ2v) is 13.9. The molecule has 0 aliphatic rings. The van der Waals surface area contributed by atoms with E-state index in [-0.39, 0.29) is 37.5 Å². The minimum absolute atomic E-state index is 0.0132. The zero-order valence-electron chi connectivity index (χ0n) is 31.6. The summed E-state index contributed by atoms with van der Waals surface area (Å²) in [5.74, 6) is -5.05. The van der Waals surface area contributed by atoms with E-state index in [0.29, 0.717) is 37.7 Å². The van der Waals surface area contributed by atoms with Gasteiger partial charge in [0, 0.05) is 25.7 Å². The van der Waals surface area contributed by atoms with Gasteiger partial charge in [-0.1, -0.05) is 112 Å². The molecule has 0 unspecified atom stereocenters. The predicted octanol–water partition coefficient (Wildman–Crippen LogP) is 2.79. The highest BCUT2D eigenvalue weighted by molar-refractivity contribution is 5.94. The number of rotatable bonds is 24. The van der Waals surface area contributed by atoms with Gasteiger partial charge in [0.1, 0.15) is 24.2 Å². The van der Waals surface area contributed by atoms with Crippen molar-refractivity contribution in [3.63, 3.8) is 0 Å². The number of carboxylic acids is 1. The highest BCUT2D eigenvalue weighted by atomic mass is 16.4. The Labute approximate surface area is 321 Å². The summed E-state index contributed by atoms with van der Waals surface area (Å²) < 4.78 is 0. The van der Waals surface area contributed by atoms with Crippen LogP contribution in [0.25, 0.3) is 10.8 Å². The van der Waals surface area contributed by atoms with E-state index in [2.05, 4.69) is 21.3 Å². The van der Waals surface area contributed by atoms with Gasteiger partial charge in [-0.3, -0.25) is 28.8 Å². The lowest BCUT2D eigenvalue weighted by Gasteiger charge is -2.26. The first-order valence-corrected chi connectivity index (χ1v) is 18.8. The normalized spacial score (nSPS) is 13.7. The molecule has 0 bridgehead atoms. The van der Waals surface area contributed by atoms with Crippen LogP contribution in [0.2, 0.25) is 0 Å². The van der Waals surface area contributed by atoms with Crippen molar-refractivity contribution in [2.75, 3.05) is 0 Å². The van der Waals surface area contributed by atoms with E-state index in [4.69, 9.17) is 11.5 Å². The van der Waals surface area contributed by atoms with Crippen LogP contribution in [0.5, 0.6) is 0 Å². The molecule has 0 aromatic heterocycles. The molecule has 0 saturated heterocycles. The second kappa shape index (κ2) is 22.4. The van der Waals surface area contributed by atoms with E-state index in [0.717, 1.165) is 22.8 Å². The molecule has 14 nitrogen and oxygen atoms in total. The summed E-state index contributed by atoms with van der Waals surface area (Å²) in [7, 11) is 0. The van der Waals surface area contributed by atoms with E-state index in [1.54, 1.807) is 30.3 Å². The minimum Gasteiger partial charge on any atom is -0.480 e. The quantitative estimate of drug-likeness (QED) is 0.0669. The van der Waals surface area contributed by atoms with Gasteiger partial charge in [-0.2, -0.15) is 0 Å². The van der Waals surface area contributed by atoms with Gasteiger partial charge in [-0.15, -0.1) is 0 Å². The lowest BCUT2D eigenvalue weighted by atomic mass is 9.96. The Bertz CT molecular complexity index is 1780. The number of primary amides is 2. The molecule has 296 valence electrons. The maximum absolute atomic E-state index is 13.4. The largest absolute Gasteiger partial charge is 0.480 e. The Morgan fingerprint density at radius 1 is 0.618 bits per heavy atom. The molecule has 5 atom stereocenters. The maximum atomic E-state index is 13.4. The third kappa shape index (κ3) is 15.2. The highest BCUT2D eigenvalue weighted by Gasteiger charge is 2.30. The molecule has 55 heavy (non-hydrogen) atoms. The van der Waals surface area contributed by atoms with Crippen molar-refractivity contribution in [3.8, 4) is 0 Å². The Balaban J connectivity index is 1.41. The fraction of sp³-hybridized carbons (Fsp3) is 0.439. The predicted molar refractivity (Wildman–Crippen MR) is 208 cm³/mol. The number of carbonyl (C=O) groups is 7. The van der Waals surface area contributed by atoms with Crippen molar-refractivity contribution >= 4 is 52.2 Å². The molecule has 6 amide bonds. The van der Waals surface area contributed by atoms with Crippen molar-refractivity contribution in [2.45, 2.75) is 109 Å². The van der Waals surface area contributed by atoms with Gasteiger partial charge in [0.25, 0.3) is 0 Å². The molecule has 14 heteroatoms. The molecule has 0 radical (unpaired) electrons. The smallest absolute Gasteiger partial charge is 0.326 e. The van der Waals surface area contributed by atoms with Gasteiger partial charge >= 0.3 is 5.97 Å². The summed E-state index contributed by atoms with van der Waals surface area (Å²) in [6, 6.07) is 17.9. The number of benzene rings is 3. The topological polar surface area (TPSA) is 240 Å². The molecule has 0 fully saturated rings. The maximum Gasteiger partial charge on any atom is 0.326 e. The number of carboxylic acid groups (broad SMARTS) is 1. The first-order chi connectivity index (χ1) is 26.3. The first-order valence-electron chi connectivity index (χ1n) is 18.8. The molecule has 3 aromatic carbocycles. The summed E-state index contributed by atoms with van der Waals surface area (Å²) in [5, 5.41) is 22.2. The first kappa shape index (κ1) is 43.6. The number of hydrogen-bond donors (Lipinski definition) is 7. The summed E-state index contributed by atoms with van der Waals surface area (Å²) in [4.78, 5) is 87.5. The summed E-state index contributed by atoms with van der Waals surface area (Å²) in [6.45, 7) is 3.76. The third-order valence-electron chi connectivity index (χ3n) is 9.49. The number of fused-ring (bicyclic) bond motifs is 1. The van der Waals surface area contributed by atoms with Gasteiger partial charge in [-0.25, -0.2) is 4.79 Å². The Hall–Kier alpha value is -5.79. The van der Waals surface area contributed by atoms with E-state index >= 15 is 0 Å². The van der Waals surface area contributed by atoms with E-state index in [1.807, 2.05) is 56.3 Å². The fourth-order valence-corrected chi connectivity index (χ4v) is 6.13. The average molecular weight is 759 g/mol. The molecule has 0 aliphatic carbocycles. The number of aliphatic carboxylic acids is 1. The van der Waals surface area contributed by atoms with Gasteiger partial charge < -0.3 is 37.8 Å². The summed E-state index contributed by atoms with van der Waals surface area (Å²) >= 11 is 0. The van der Waals surface area contributed by atoms with E-state index in [9.17, 15) is 38.7 Å². The van der Waals surface area contributed by atoms with Gasteiger partial charge in [0.05, 0.1) is 6.42 Å². The van der Waals surface area contributed by atoms with E-state index < -0.39 is 66.1 Å². The van der Waals surface area contributed by atoms with Gasteiger partial charge in [0.2, 0.25) is 35.4 Å². The molecule has 0 saturated carbocycles. The summed E-state index contributed by atoms with van der Waals surface area (Å²) in [6.07, 6.45) is 3.68. The van der Waals surface area contributed by atoms with Crippen molar-refractivity contribution < 1.29 is 38.7 Å². The third-order valence-corrected chi connectivity index (χ3v) is 9.49. The highest BCUT2D eigenvalue weighted by Crippen LogP contribution is 2.17. The van der Waals surface area contributed by atoms with Gasteiger partial charge in [0.15, 0.2) is 0 Å². The fourth-order valence-electron chi connectivity index (χ4n) is 6.13. The molecular weight excluding hydrogens is 704 g/mol. The number of nitrogens with one attached hydrogen (secondary N) is 4. The van der Waals surface area contributed by atoms with Crippen LogP contribution in [0.1, 0.15) is 82.8 Å². The van der Waals surface area contributed by atoms with Gasteiger partial charge in [-0.05, 0) is 40.7 Å². The van der Waals surface area contributed by atoms with Crippen molar-refractivity contribution in [2.24, 2.45) is 17.4 Å². The summed E-state index contributed by atoms with van der Waals surface area (Å²) in [5.41, 5.74) is 12.5. The van der Waals surface area contributed by atoms with Crippen LogP contribution < -0.4 is 32.7 Å². The van der Waals surface area contributed by atoms with Crippen LogP contribution >= 0.6 is 0 Å². The zero-order valence-corrected chi connectivity index (χ0v) is 31.6. The second-order valence-electron chi connectivity index (χ2n) is 13.9. The molecule has 9 N–H and O–H groups in total. The Morgan fingerprint density at radius 2 is 1.18 bits per heavy atom. The van der Waals surface area contributed by atoms with Crippen molar-refractivity contribution in [1.29, 1.82) is 0 Å². The monoisotopic (exact) mass is 758 g/mol. The van der Waals surface area contributed by atoms with Crippen LogP contribution in [0, 0.1) is 5.92 Å². The standard InChI is InChI=1S/C41H54N6O8/c1-3-26(2)37(40(53)45-31(38(43)51)24-28-20-21-29-16-12-13-17-30(29)22-28)47-36(50)19-11-6-4-5-10-18-35(49)44-32(25-34(42)48)39(52)46-33(41(54)55)23-27-14-8-7-9-15-27/h7-9,12-17,20-22,26,31-33,37H,3-6,10-11,18-19,23-25H2,1-2H3,(H2,42,48)(H2,43,51)(H,44,49)(H,45,53)(H,46,52)(H,47,50)(H,54,55)/t26-,31+,32+,33+,37+/m1/s1. The number of nitrogens with two attached hydrogens (primary N) is 2. The molecule has 3 rings (SSSR count). The van der Waals surface area contributed by atoms with E-state index in [1.165, 1.54) is 0 Å². The number of carbonyl (C=O) groups excluding carboxylic acids is 6. The SMILES string of the molecule is CC[C@@H](C)[C@H](NC(=O)CCCCCCCC(=O)N[C@@H](CC(N)=O)C(=O)N[C@@H](Cc1ccccc1)C(=O)O)C(=O)N[C@@H](Cc1ccc2ccccc2c1)C(N)=O. The lowest BCUT2D eigenvalue weighted by molar-refractivity contribution is -0.142. The number of amides is 6. The molecule has 0 spiro atoms. The zero-order chi connectivity index (χ0) is 40.3. The molecular formula is C41H54N6O8. The number of unbranched alkanes of at least 4 members (excludes halogenated alkanes) is 4. The van der Waals surface area contributed by atoms with Crippen molar-refractivity contribution in [1.82, 2.24) is 21.3 Å². The Kier molecular flexibility index (Phi) is 17.8. The minimum atomic E-state index is -1.33. The van der Waals surface area contributed by atoms with Crippen molar-refractivity contribution in [3.05, 3.63) is 83.9 Å². The Morgan fingerprint density at radius 3 is 1.78 bits per heavy atom. The van der Waals surface area contributed by atoms with Crippen LogP contribution in [0.15, 0.2) is 72.8 Å². The van der Waals surface area contributed by atoms with Crippen LogP contribution in [0.3, 0.4) is 0 Å². The van der Waals surface area contributed by atoms with Crippen LogP contribution in [0.4, 0.5) is 0 Å². The lowest BCUT2D eigenvalue weighted by Crippen LogP contribution is -2.55. The number of hydrogen-bond acceptors (Lipinski definition) is 7. The van der Waals surface area contributed by atoms with Crippen LogP contribution in [-0.4, -0.2) is 70.7 Å². The molecule has 0 aliphatic heterocycles. The van der Waals surface area contributed by atoms with Crippen LogP contribution in [-0.2, 0) is 46.4 Å².